The van der Waals surface area contributed by atoms with Gasteiger partial charge in [-0.15, -0.1) is 0 Å². The summed E-state index contributed by atoms with van der Waals surface area (Å²) < 4.78 is 15.0. The van der Waals surface area contributed by atoms with E-state index in [4.69, 9.17) is 18.9 Å². The predicted octanol–water partition coefficient (Wildman–Crippen LogP) is 4.85. The molecule has 1 aromatic carbocycles. The van der Waals surface area contributed by atoms with Crippen LogP contribution in [0, 0.1) is 11.8 Å². The SMILES string of the molecule is COC(=O)N[C@H](C(=O)N1CCC[C@H]1c1nc(Nc2ncoc2C(=O)c2ccc(-c3c[nH]c([C@@H]4CCCN4C(=O)[C@@H](NC(=O)OC)C(C)C)n3)cc2)c[nH]1)C(C)C. The molecule has 0 bridgehead atoms. The van der Waals surface area contributed by atoms with Crippen molar-refractivity contribution >= 4 is 41.4 Å². The number of nitrogens with zero attached hydrogens (tertiary/aromatic N) is 5. The topological polar surface area (TPSA) is 230 Å². The van der Waals surface area contributed by atoms with Crippen molar-refractivity contribution in [3.63, 3.8) is 0 Å². The Morgan fingerprint density at radius 1 is 0.786 bits per heavy atom. The molecule has 18 nitrogen and oxygen atoms in total. The number of amides is 4. The third-order valence-electron chi connectivity index (χ3n) is 10.1. The average Bonchev–Trinajstić information content (AvgIpc) is 4.04. The fourth-order valence-electron chi connectivity index (χ4n) is 7.15. The first kappa shape index (κ1) is 39.5. The number of hydrogen-bond donors (Lipinski definition) is 5. The van der Waals surface area contributed by atoms with Crippen molar-refractivity contribution in [3.05, 3.63) is 66.0 Å². The number of H-pyrrole nitrogens is 2. The molecule has 4 amide bonds. The van der Waals surface area contributed by atoms with E-state index in [2.05, 4.69) is 35.9 Å². The molecule has 0 unspecified atom stereocenters. The molecular formula is C38H48N10O8. The average molecular weight is 773 g/mol. The van der Waals surface area contributed by atoms with Gasteiger partial charge >= 0.3 is 12.2 Å². The third kappa shape index (κ3) is 8.38. The molecule has 2 aliphatic heterocycles. The maximum atomic E-state index is 13.6. The van der Waals surface area contributed by atoms with Crippen LogP contribution in [-0.2, 0) is 19.1 Å². The van der Waals surface area contributed by atoms with Crippen LogP contribution < -0.4 is 16.0 Å². The van der Waals surface area contributed by atoms with Crippen molar-refractivity contribution in [2.75, 3.05) is 32.6 Å². The Kier molecular flexibility index (Phi) is 12.0. The Balaban J connectivity index is 1.11. The van der Waals surface area contributed by atoms with Crippen molar-refractivity contribution in [1.29, 1.82) is 0 Å². The molecule has 56 heavy (non-hydrogen) atoms. The summed E-state index contributed by atoms with van der Waals surface area (Å²) in [7, 11) is 2.52. The molecule has 2 saturated heterocycles. The van der Waals surface area contributed by atoms with Crippen LogP contribution in [-0.4, -0.2) is 104 Å². The standard InChI is InChI=1S/C38H48N10O8/c1-20(2)28(45-37(52)54-5)35(50)47-15-7-9-25(47)32-39-17-24(42-32)22-11-13-23(14-12-22)30(49)31-34(41-19-56-31)44-27-18-40-33(43-27)26-10-8-16-48(26)36(51)29(21(3)4)46-38(53)55-6/h11-14,17-21,25-26,28-29,44H,7-10,15-16H2,1-6H3,(H,39,42)(H,40,43)(H,45,52)(H,46,53)/t25-,26-,28-,29-/m0/s1. The first-order valence-corrected chi connectivity index (χ1v) is 18.7. The Morgan fingerprint density at radius 3 is 1.86 bits per heavy atom. The number of anilines is 2. The Morgan fingerprint density at radius 2 is 1.32 bits per heavy atom. The van der Waals surface area contributed by atoms with E-state index in [-0.39, 0.29) is 47.3 Å². The molecular weight excluding hydrogens is 724 g/mol. The maximum Gasteiger partial charge on any atom is 0.407 e. The molecule has 18 heteroatoms. The number of imidazole rings is 2. The first-order valence-electron chi connectivity index (χ1n) is 18.7. The van der Waals surface area contributed by atoms with E-state index >= 15 is 0 Å². The van der Waals surface area contributed by atoms with Crippen LogP contribution in [0.1, 0.15) is 93.2 Å². The second-order valence-corrected chi connectivity index (χ2v) is 14.5. The number of carbonyl (C=O) groups is 5. The summed E-state index contributed by atoms with van der Waals surface area (Å²) in [6.45, 7) is 8.49. The molecule has 4 atom stereocenters. The molecule has 0 spiro atoms. The summed E-state index contributed by atoms with van der Waals surface area (Å²) in [6.07, 6.45) is 6.19. The van der Waals surface area contributed by atoms with Gasteiger partial charge in [-0.1, -0.05) is 52.0 Å². The van der Waals surface area contributed by atoms with E-state index in [9.17, 15) is 24.0 Å². The van der Waals surface area contributed by atoms with Crippen molar-refractivity contribution < 1.29 is 37.9 Å². The highest BCUT2D eigenvalue weighted by Gasteiger charge is 2.39. The Hall–Kier alpha value is -6.20. The van der Waals surface area contributed by atoms with Crippen LogP contribution in [0.4, 0.5) is 21.2 Å². The molecule has 2 fully saturated rings. The third-order valence-corrected chi connectivity index (χ3v) is 10.1. The summed E-state index contributed by atoms with van der Waals surface area (Å²) in [6, 6.07) is 4.79. The molecule has 5 heterocycles. The molecule has 4 aromatic rings. The van der Waals surface area contributed by atoms with Gasteiger partial charge in [0, 0.05) is 36.6 Å². The number of carbonyl (C=O) groups excluding carboxylic acids is 5. The van der Waals surface area contributed by atoms with Crippen molar-refractivity contribution in [2.45, 2.75) is 77.5 Å². The summed E-state index contributed by atoms with van der Waals surface area (Å²) in [4.78, 5) is 88.0. The zero-order valence-electron chi connectivity index (χ0n) is 32.3. The smallest absolute Gasteiger partial charge is 0.407 e. The van der Waals surface area contributed by atoms with Gasteiger partial charge in [0.15, 0.2) is 12.2 Å². The van der Waals surface area contributed by atoms with Crippen LogP contribution >= 0.6 is 0 Å². The number of aromatic nitrogens is 5. The van der Waals surface area contributed by atoms with Gasteiger partial charge in [-0.05, 0) is 37.5 Å². The van der Waals surface area contributed by atoms with Crippen LogP contribution in [0.2, 0.25) is 0 Å². The summed E-state index contributed by atoms with van der Waals surface area (Å²) in [5.74, 6) is 0.597. The number of ketones is 1. The van der Waals surface area contributed by atoms with Gasteiger partial charge in [-0.2, -0.15) is 4.98 Å². The van der Waals surface area contributed by atoms with Crippen molar-refractivity contribution in [2.24, 2.45) is 11.8 Å². The monoisotopic (exact) mass is 772 g/mol. The van der Waals surface area contributed by atoms with Gasteiger partial charge in [-0.25, -0.2) is 19.6 Å². The molecule has 3 aromatic heterocycles. The van der Waals surface area contributed by atoms with Gasteiger partial charge in [-0.3, -0.25) is 14.4 Å². The normalized spacial score (nSPS) is 17.9. The summed E-state index contributed by atoms with van der Waals surface area (Å²) in [5, 5.41) is 8.36. The van der Waals surface area contributed by atoms with Gasteiger partial charge in [0.25, 0.3) is 0 Å². The van der Waals surface area contributed by atoms with E-state index < -0.39 is 30.1 Å². The number of alkyl carbamates (subject to hydrolysis) is 2. The van der Waals surface area contributed by atoms with Crippen LogP contribution in [0.25, 0.3) is 11.3 Å². The number of hydrogen-bond acceptors (Lipinski definition) is 12. The number of rotatable bonds is 13. The quantitative estimate of drug-likeness (QED) is 0.115. The fourth-order valence-corrected chi connectivity index (χ4v) is 7.15. The van der Waals surface area contributed by atoms with E-state index in [0.717, 1.165) is 24.8 Å². The molecule has 0 radical (unpaired) electrons. The lowest BCUT2D eigenvalue weighted by atomic mass is 10.0. The molecule has 0 aliphatic carbocycles. The minimum absolute atomic E-state index is 0.0110. The van der Waals surface area contributed by atoms with Gasteiger partial charge in [0.2, 0.25) is 23.4 Å². The van der Waals surface area contributed by atoms with Crippen molar-refractivity contribution in [3.8, 4) is 11.3 Å². The first-order chi connectivity index (χ1) is 26.9. The number of oxazole rings is 1. The second-order valence-electron chi connectivity index (χ2n) is 14.5. The largest absolute Gasteiger partial charge is 0.453 e. The number of methoxy groups -OCH3 is 2. The fraction of sp³-hybridized carbons (Fsp3) is 0.474. The van der Waals surface area contributed by atoms with Crippen LogP contribution in [0.5, 0.6) is 0 Å². The zero-order chi connectivity index (χ0) is 40.1. The zero-order valence-corrected chi connectivity index (χ0v) is 32.3. The highest BCUT2D eigenvalue weighted by Crippen LogP contribution is 2.34. The number of nitrogens with one attached hydrogen (secondary N) is 5. The van der Waals surface area contributed by atoms with Crippen LogP contribution in [0.3, 0.4) is 0 Å². The highest BCUT2D eigenvalue weighted by molar-refractivity contribution is 6.10. The molecule has 5 N–H and O–H groups in total. The van der Waals surface area contributed by atoms with E-state index in [1.54, 1.807) is 46.5 Å². The molecule has 2 aliphatic rings. The van der Waals surface area contributed by atoms with E-state index in [1.165, 1.54) is 20.6 Å². The Bertz CT molecular complexity index is 2040. The maximum absolute atomic E-state index is 13.6. The molecule has 298 valence electrons. The summed E-state index contributed by atoms with van der Waals surface area (Å²) in [5.41, 5.74) is 1.76. The minimum Gasteiger partial charge on any atom is -0.453 e. The van der Waals surface area contributed by atoms with Gasteiger partial charge in [0.1, 0.15) is 29.6 Å². The van der Waals surface area contributed by atoms with Crippen LogP contribution in [0.15, 0.2) is 47.5 Å². The highest BCUT2D eigenvalue weighted by atomic mass is 16.5. The number of likely N-dealkylation sites (tertiary alicyclic amines) is 2. The predicted molar refractivity (Wildman–Crippen MR) is 202 cm³/mol. The van der Waals surface area contributed by atoms with E-state index in [0.29, 0.717) is 48.2 Å². The molecule has 6 rings (SSSR count). The Labute approximate surface area is 323 Å². The lowest BCUT2D eigenvalue weighted by Crippen LogP contribution is -2.51. The summed E-state index contributed by atoms with van der Waals surface area (Å²) >= 11 is 0. The number of ether oxygens (including phenoxy) is 2. The van der Waals surface area contributed by atoms with Crippen molar-refractivity contribution in [1.82, 2.24) is 45.4 Å². The second kappa shape index (κ2) is 17.1. The lowest BCUT2D eigenvalue weighted by Gasteiger charge is -2.29. The number of benzene rings is 1. The van der Waals surface area contributed by atoms with Gasteiger partial charge in [0.05, 0.1) is 32.0 Å². The van der Waals surface area contributed by atoms with Gasteiger partial charge < -0.3 is 49.6 Å². The minimum atomic E-state index is -0.757. The molecule has 0 saturated carbocycles. The lowest BCUT2D eigenvalue weighted by molar-refractivity contribution is -0.136. The number of aromatic amines is 2. The van der Waals surface area contributed by atoms with E-state index in [1.807, 2.05) is 27.7 Å².